The highest BCUT2D eigenvalue weighted by atomic mass is 16.6. The van der Waals surface area contributed by atoms with Crippen LogP contribution in [-0.2, 0) is 9.47 Å². The Kier molecular flexibility index (Phi) is 3.94. The summed E-state index contributed by atoms with van der Waals surface area (Å²) in [6.45, 7) is 2.02. The summed E-state index contributed by atoms with van der Waals surface area (Å²) in [6.07, 6.45) is 2.80. The third-order valence-electron chi connectivity index (χ3n) is 3.16. The summed E-state index contributed by atoms with van der Waals surface area (Å²) in [5.41, 5.74) is 1.12. The second-order valence-corrected chi connectivity index (χ2v) is 4.32. The minimum atomic E-state index is -0.833. The molecule has 0 radical (unpaired) electrons. The van der Waals surface area contributed by atoms with Crippen molar-refractivity contribution in [3.63, 3.8) is 0 Å². The maximum absolute atomic E-state index is 9.65. The lowest BCUT2D eigenvalue weighted by Gasteiger charge is -2.14. The first-order valence-electron chi connectivity index (χ1n) is 5.82. The Hall–Kier alpha value is -1.16. The standard InChI is InChI=1S/C14H18O3/c1-10-12(17-14(15)13(10)16-2)9-8-11-6-4-3-5-7-11/h3-10,12-15H,1-2H3/b9-8+/t10-,12-,13-,14?/m1/s1. The molecule has 1 fully saturated rings. The summed E-state index contributed by atoms with van der Waals surface area (Å²) in [5, 5.41) is 9.65. The van der Waals surface area contributed by atoms with Crippen molar-refractivity contribution in [1.29, 1.82) is 0 Å². The number of aliphatic hydroxyl groups excluding tert-OH is 1. The van der Waals surface area contributed by atoms with Gasteiger partial charge in [-0.05, 0) is 5.56 Å². The lowest BCUT2D eigenvalue weighted by atomic mass is 10.00. The SMILES string of the molecule is CO[C@H]1C(O)O[C@H](/C=C/c2ccccc2)[C@H]1C. The molecule has 0 bridgehead atoms. The lowest BCUT2D eigenvalue weighted by molar-refractivity contribution is -0.128. The molecule has 1 aromatic rings. The smallest absolute Gasteiger partial charge is 0.182 e. The molecule has 3 nitrogen and oxygen atoms in total. The van der Waals surface area contributed by atoms with Crippen LogP contribution in [0.5, 0.6) is 0 Å². The van der Waals surface area contributed by atoms with E-state index in [9.17, 15) is 5.11 Å². The van der Waals surface area contributed by atoms with Crippen molar-refractivity contribution in [1.82, 2.24) is 0 Å². The molecule has 1 unspecified atom stereocenters. The van der Waals surface area contributed by atoms with Gasteiger partial charge in [0.2, 0.25) is 0 Å². The fraction of sp³-hybridized carbons (Fsp3) is 0.429. The van der Waals surface area contributed by atoms with E-state index in [0.717, 1.165) is 5.56 Å². The number of hydrogen-bond donors (Lipinski definition) is 1. The molecule has 1 aliphatic rings. The number of rotatable bonds is 3. The molecular weight excluding hydrogens is 216 g/mol. The van der Waals surface area contributed by atoms with E-state index in [1.54, 1.807) is 7.11 Å². The molecule has 0 amide bonds. The summed E-state index contributed by atoms with van der Waals surface area (Å²) in [4.78, 5) is 0. The molecule has 17 heavy (non-hydrogen) atoms. The molecule has 1 aromatic carbocycles. The van der Waals surface area contributed by atoms with Crippen molar-refractivity contribution in [2.75, 3.05) is 7.11 Å². The molecule has 0 aromatic heterocycles. The zero-order chi connectivity index (χ0) is 12.3. The van der Waals surface area contributed by atoms with Gasteiger partial charge in [0.05, 0.1) is 6.10 Å². The van der Waals surface area contributed by atoms with Crippen LogP contribution in [0.4, 0.5) is 0 Å². The quantitative estimate of drug-likeness (QED) is 0.870. The Bertz CT molecular complexity index is 374. The minimum Gasteiger partial charge on any atom is -0.376 e. The molecule has 2 rings (SSSR count). The summed E-state index contributed by atoms with van der Waals surface area (Å²) in [5.74, 6) is 0.148. The van der Waals surface area contributed by atoms with Crippen LogP contribution in [0.2, 0.25) is 0 Å². The van der Waals surface area contributed by atoms with Crippen molar-refractivity contribution >= 4 is 6.08 Å². The normalized spacial score (nSPS) is 33.4. The minimum absolute atomic E-state index is 0.102. The molecule has 0 spiro atoms. The van der Waals surface area contributed by atoms with Crippen LogP contribution in [0.15, 0.2) is 36.4 Å². The average molecular weight is 234 g/mol. The molecule has 0 aliphatic carbocycles. The van der Waals surface area contributed by atoms with E-state index in [4.69, 9.17) is 9.47 Å². The third kappa shape index (κ3) is 2.75. The lowest BCUT2D eigenvalue weighted by Crippen LogP contribution is -2.27. The van der Waals surface area contributed by atoms with Crippen LogP contribution in [0, 0.1) is 5.92 Å². The molecule has 1 N–H and O–H groups in total. The molecule has 0 saturated carbocycles. The molecule has 1 aliphatic heterocycles. The van der Waals surface area contributed by atoms with E-state index < -0.39 is 6.29 Å². The second kappa shape index (κ2) is 5.45. The zero-order valence-electron chi connectivity index (χ0n) is 10.1. The second-order valence-electron chi connectivity index (χ2n) is 4.32. The zero-order valence-corrected chi connectivity index (χ0v) is 10.1. The maximum atomic E-state index is 9.65. The number of benzene rings is 1. The van der Waals surface area contributed by atoms with Gasteiger partial charge in [0, 0.05) is 13.0 Å². The van der Waals surface area contributed by atoms with Crippen LogP contribution < -0.4 is 0 Å². The van der Waals surface area contributed by atoms with E-state index in [2.05, 4.69) is 0 Å². The summed E-state index contributed by atoms with van der Waals surface area (Å²) in [7, 11) is 1.59. The summed E-state index contributed by atoms with van der Waals surface area (Å²) in [6, 6.07) is 10.0. The summed E-state index contributed by atoms with van der Waals surface area (Å²) < 4.78 is 10.7. The van der Waals surface area contributed by atoms with Crippen molar-refractivity contribution in [3.8, 4) is 0 Å². The topological polar surface area (TPSA) is 38.7 Å². The van der Waals surface area contributed by atoms with E-state index in [-0.39, 0.29) is 18.1 Å². The maximum Gasteiger partial charge on any atom is 0.182 e. The van der Waals surface area contributed by atoms with Crippen molar-refractivity contribution in [2.45, 2.75) is 25.4 Å². The number of methoxy groups -OCH3 is 1. The van der Waals surface area contributed by atoms with Crippen LogP contribution in [-0.4, -0.2) is 30.7 Å². The third-order valence-corrected chi connectivity index (χ3v) is 3.16. The summed E-state index contributed by atoms with van der Waals surface area (Å²) >= 11 is 0. The van der Waals surface area contributed by atoms with Gasteiger partial charge in [0.15, 0.2) is 6.29 Å². The van der Waals surface area contributed by atoms with E-state index in [1.165, 1.54) is 0 Å². The molecule has 1 heterocycles. The highest BCUT2D eigenvalue weighted by molar-refractivity contribution is 5.49. The van der Waals surface area contributed by atoms with Crippen LogP contribution in [0.3, 0.4) is 0 Å². The van der Waals surface area contributed by atoms with Gasteiger partial charge in [-0.25, -0.2) is 0 Å². The first-order chi connectivity index (χ1) is 8.22. The molecule has 92 valence electrons. The highest BCUT2D eigenvalue weighted by Gasteiger charge is 2.39. The van der Waals surface area contributed by atoms with Gasteiger partial charge in [-0.1, -0.05) is 49.4 Å². The Morgan fingerprint density at radius 3 is 2.59 bits per heavy atom. The fourth-order valence-electron chi connectivity index (χ4n) is 2.13. The van der Waals surface area contributed by atoms with Crippen molar-refractivity contribution < 1.29 is 14.6 Å². The Morgan fingerprint density at radius 1 is 1.29 bits per heavy atom. The highest BCUT2D eigenvalue weighted by Crippen LogP contribution is 2.28. The van der Waals surface area contributed by atoms with Gasteiger partial charge in [-0.15, -0.1) is 0 Å². The van der Waals surface area contributed by atoms with Crippen LogP contribution in [0.1, 0.15) is 12.5 Å². The molecule has 3 heteroatoms. The fourth-order valence-corrected chi connectivity index (χ4v) is 2.13. The predicted molar refractivity (Wildman–Crippen MR) is 66.3 cm³/mol. The molecular formula is C14H18O3. The van der Waals surface area contributed by atoms with Crippen molar-refractivity contribution in [3.05, 3.63) is 42.0 Å². The first kappa shape index (κ1) is 12.3. The van der Waals surface area contributed by atoms with Gasteiger partial charge in [0.1, 0.15) is 6.10 Å². The van der Waals surface area contributed by atoms with Crippen LogP contribution in [0.25, 0.3) is 6.08 Å². The Morgan fingerprint density at radius 2 is 2.00 bits per heavy atom. The predicted octanol–water partition coefficient (Wildman–Crippen LogP) is 2.07. The van der Waals surface area contributed by atoms with Gasteiger partial charge in [-0.2, -0.15) is 0 Å². The number of hydrogen-bond acceptors (Lipinski definition) is 3. The molecule has 1 saturated heterocycles. The van der Waals surface area contributed by atoms with Crippen molar-refractivity contribution in [2.24, 2.45) is 5.92 Å². The van der Waals surface area contributed by atoms with E-state index >= 15 is 0 Å². The van der Waals surface area contributed by atoms with Gasteiger partial charge in [-0.3, -0.25) is 0 Å². The van der Waals surface area contributed by atoms with Gasteiger partial charge >= 0.3 is 0 Å². The number of ether oxygens (including phenoxy) is 2. The number of aliphatic hydroxyl groups is 1. The molecule has 4 atom stereocenters. The van der Waals surface area contributed by atoms with E-state index in [1.807, 2.05) is 49.4 Å². The van der Waals surface area contributed by atoms with Gasteiger partial charge in [0.25, 0.3) is 0 Å². The van der Waals surface area contributed by atoms with E-state index in [0.29, 0.717) is 0 Å². The largest absolute Gasteiger partial charge is 0.376 e. The monoisotopic (exact) mass is 234 g/mol. The Balaban J connectivity index is 2.03. The Labute approximate surface area is 102 Å². The first-order valence-corrected chi connectivity index (χ1v) is 5.82. The average Bonchev–Trinajstić information content (AvgIpc) is 2.63. The van der Waals surface area contributed by atoms with Crippen LogP contribution >= 0.6 is 0 Å². The van der Waals surface area contributed by atoms with Gasteiger partial charge < -0.3 is 14.6 Å².